The van der Waals surface area contributed by atoms with Crippen molar-refractivity contribution in [1.29, 1.82) is 0 Å². The Balaban J connectivity index is 2.00. The SMILES string of the molecule is CC(C)(C)OC(=O)N1CC2CC(O)CC(C1)C2O. The van der Waals surface area contributed by atoms with Crippen LogP contribution in [0.25, 0.3) is 0 Å². The second-order valence-corrected chi connectivity index (χ2v) is 6.52. The molecule has 18 heavy (non-hydrogen) atoms. The summed E-state index contributed by atoms with van der Waals surface area (Å²) in [5.74, 6) is -0.0555. The van der Waals surface area contributed by atoms with E-state index in [1.807, 2.05) is 20.8 Å². The molecule has 2 N–H and O–H groups in total. The minimum Gasteiger partial charge on any atom is -0.444 e. The highest BCUT2D eigenvalue weighted by Gasteiger charge is 2.43. The maximum atomic E-state index is 12.0. The number of carbonyl (C=O) groups excluding carboxylic acids is 1. The zero-order valence-electron chi connectivity index (χ0n) is 11.3. The van der Waals surface area contributed by atoms with Gasteiger partial charge in [0.1, 0.15) is 5.60 Å². The van der Waals surface area contributed by atoms with Crippen LogP contribution in [0.5, 0.6) is 0 Å². The molecule has 2 aliphatic rings. The van der Waals surface area contributed by atoms with E-state index < -0.39 is 11.7 Å². The first-order valence-electron chi connectivity index (χ1n) is 6.60. The quantitative estimate of drug-likeness (QED) is 0.679. The lowest BCUT2D eigenvalue weighted by molar-refractivity contribution is -0.0880. The van der Waals surface area contributed by atoms with Crippen molar-refractivity contribution in [3.05, 3.63) is 0 Å². The summed E-state index contributed by atoms with van der Waals surface area (Å²) in [4.78, 5) is 13.7. The Hall–Kier alpha value is -0.810. The molecule has 1 aliphatic carbocycles. The molecule has 104 valence electrons. The third-order valence-electron chi connectivity index (χ3n) is 3.68. The normalized spacial score (nSPS) is 36.4. The van der Waals surface area contributed by atoms with E-state index in [0.717, 1.165) is 0 Å². The van der Waals surface area contributed by atoms with Gasteiger partial charge in [-0.2, -0.15) is 0 Å². The Bertz CT molecular complexity index is 309. The Morgan fingerprint density at radius 2 is 1.67 bits per heavy atom. The monoisotopic (exact) mass is 257 g/mol. The molecule has 1 saturated heterocycles. The number of hydrogen-bond acceptors (Lipinski definition) is 4. The average Bonchev–Trinajstić information content (AvgIpc) is 2.17. The fourth-order valence-electron chi connectivity index (χ4n) is 2.94. The number of rotatable bonds is 0. The van der Waals surface area contributed by atoms with Gasteiger partial charge in [-0.3, -0.25) is 0 Å². The van der Waals surface area contributed by atoms with Crippen LogP contribution in [0.15, 0.2) is 0 Å². The van der Waals surface area contributed by atoms with Gasteiger partial charge in [-0.05, 0) is 33.6 Å². The summed E-state index contributed by atoms with van der Waals surface area (Å²) in [6.07, 6.45) is 0.0746. The van der Waals surface area contributed by atoms with E-state index in [1.54, 1.807) is 4.90 Å². The van der Waals surface area contributed by atoms with Gasteiger partial charge in [-0.1, -0.05) is 0 Å². The van der Waals surface area contributed by atoms with Crippen LogP contribution in [-0.2, 0) is 4.74 Å². The van der Waals surface area contributed by atoms with Gasteiger partial charge in [0.05, 0.1) is 12.2 Å². The molecule has 5 nitrogen and oxygen atoms in total. The topological polar surface area (TPSA) is 70.0 Å². The first kappa shape index (κ1) is 13.6. The van der Waals surface area contributed by atoms with Gasteiger partial charge in [-0.15, -0.1) is 0 Å². The predicted molar refractivity (Wildman–Crippen MR) is 66.0 cm³/mol. The summed E-state index contributed by atoms with van der Waals surface area (Å²) >= 11 is 0. The highest BCUT2D eigenvalue weighted by Crippen LogP contribution is 2.35. The Morgan fingerprint density at radius 1 is 1.17 bits per heavy atom. The molecule has 1 saturated carbocycles. The summed E-state index contributed by atoms with van der Waals surface area (Å²) in [5.41, 5.74) is -0.498. The maximum absolute atomic E-state index is 12.0. The summed E-state index contributed by atoms with van der Waals surface area (Å²) in [6, 6.07) is 0. The fourth-order valence-corrected chi connectivity index (χ4v) is 2.94. The highest BCUT2D eigenvalue weighted by atomic mass is 16.6. The van der Waals surface area contributed by atoms with E-state index in [0.29, 0.717) is 25.9 Å². The van der Waals surface area contributed by atoms with Crippen LogP contribution in [-0.4, -0.2) is 52.1 Å². The van der Waals surface area contributed by atoms with Crippen molar-refractivity contribution in [2.75, 3.05) is 13.1 Å². The Labute approximate surface area is 108 Å². The Kier molecular flexibility index (Phi) is 3.56. The molecular weight excluding hydrogens is 234 g/mol. The molecule has 1 amide bonds. The lowest BCUT2D eigenvalue weighted by Crippen LogP contribution is -2.56. The maximum Gasteiger partial charge on any atom is 0.410 e. The van der Waals surface area contributed by atoms with E-state index in [1.165, 1.54) is 0 Å². The number of amides is 1. The van der Waals surface area contributed by atoms with Crippen molar-refractivity contribution < 1.29 is 19.7 Å². The smallest absolute Gasteiger partial charge is 0.410 e. The summed E-state index contributed by atoms with van der Waals surface area (Å²) < 4.78 is 5.35. The van der Waals surface area contributed by atoms with Gasteiger partial charge < -0.3 is 19.8 Å². The van der Waals surface area contributed by atoms with Gasteiger partial charge in [0, 0.05) is 24.9 Å². The first-order chi connectivity index (χ1) is 8.26. The molecule has 2 atom stereocenters. The molecule has 1 heterocycles. The molecular formula is C13H23NO4. The highest BCUT2D eigenvalue weighted by molar-refractivity contribution is 5.68. The molecule has 0 radical (unpaired) electrons. The van der Waals surface area contributed by atoms with Gasteiger partial charge >= 0.3 is 6.09 Å². The minimum atomic E-state index is -0.498. The lowest BCUT2D eigenvalue weighted by Gasteiger charge is -2.46. The van der Waals surface area contributed by atoms with Crippen molar-refractivity contribution in [1.82, 2.24) is 4.90 Å². The second kappa shape index (κ2) is 4.70. The van der Waals surface area contributed by atoms with Crippen LogP contribution < -0.4 is 0 Å². The van der Waals surface area contributed by atoms with Crippen molar-refractivity contribution >= 4 is 6.09 Å². The number of hydrogen-bond donors (Lipinski definition) is 2. The summed E-state index contributed by atoms with van der Waals surface area (Å²) in [7, 11) is 0. The van der Waals surface area contributed by atoms with Gasteiger partial charge in [0.25, 0.3) is 0 Å². The molecule has 2 fully saturated rings. The largest absolute Gasteiger partial charge is 0.444 e. The average molecular weight is 257 g/mol. The third kappa shape index (κ3) is 2.95. The van der Waals surface area contributed by atoms with Gasteiger partial charge in [0.2, 0.25) is 0 Å². The lowest BCUT2D eigenvalue weighted by atomic mass is 9.74. The number of piperidine rings is 1. The molecule has 0 aromatic rings. The number of aliphatic hydroxyl groups excluding tert-OH is 2. The zero-order chi connectivity index (χ0) is 13.5. The van der Waals surface area contributed by atoms with Crippen molar-refractivity contribution in [3.63, 3.8) is 0 Å². The minimum absolute atomic E-state index is 0.0278. The van der Waals surface area contributed by atoms with Gasteiger partial charge in [0.15, 0.2) is 0 Å². The molecule has 2 unspecified atom stereocenters. The first-order valence-corrected chi connectivity index (χ1v) is 6.60. The number of nitrogens with zero attached hydrogens (tertiary/aromatic N) is 1. The number of carbonyl (C=O) groups is 1. The molecule has 2 bridgehead atoms. The van der Waals surface area contributed by atoms with Crippen LogP contribution >= 0.6 is 0 Å². The van der Waals surface area contributed by atoms with Crippen LogP contribution in [0.3, 0.4) is 0 Å². The van der Waals surface area contributed by atoms with E-state index in [4.69, 9.17) is 4.74 Å². The number of ether oxygens (including phenoxy) is 1. The van der Waals surface area contributed by atoms with E-state index >= 15 is 0 Å². The molecule has 5 heteroatoms. The summed E-state index contributed by atoms with van der Waals surface area (Å²) in [6.45, 7) is 6.48. The van der Waals surface area contributed by atoms with Crippen molar-refractivity contribution in [2.45, 2.75) is 51.4 Å². The van der Waals surface area contributed by atoms with Crippen molar-refractivity contribution in [3.8, 4) is 0 Å². The molecule has 2 rings (SSSR count). The third-order valence-corrected chi connectivity index (χ3v) is 3.68. The molecule has 1 aliphatic heterocycles. The number of likely N-dealkylation sites (tertiary alicyclic amines) is 1. The molecule has 0 aromatic carbocycles. The van der Waals surface area contributed by atoms with Crippen LogP contribution in [0.1, 0.15) is 33.6 Å². The Morgan fingerprint density at radius 3 is 2.11 bits per heavy atom. The number of fused-ring (bicyclic) bond motifs is 2. The van der Waals surface area contributed by atoms with E-state index in [2.05, 4.69) is 0 Å². The van der Waals surface area contributed by atoms with E-state index in [-0.39, 0.29) is 24.0 Å². The predicted octanol–water partition coefficient (Wildman–Crippen LogP) is 0.985. The standard InChI is InChI=1S/C13H23NO4/c1-13(2,3)18-12(17)14-6-8-4-10(15)5-9(7-14)11(8)16/h8-11,15-16H,4-7H2,1-3H3. The second-order valence-electron chi connectivity index (χ2n) is 6.52. The fraction of sp³-hybridized carbons (Fsp3) is 0.923. The summed E-state index contributed by atoms with van der Waals surface area (Å²) in [5, 5.41) is 19.7. The van der Waals surface area contributed by atoms with E-state index in [9.17, 15) is 15.0 Å². The van der Waals surface area contributed by atoms with Gasteiger partial charge in [-0.25, -0.2) is 4.79 Å². The van der Waals surface area contributed by atoms with Crippen molar-refractivity contribution in [2.24, 2.45) is 11.8 Å². The molecule has 0 aromatic heterocycles. The number of aliphatic hydroxyl groups is 2. The van der Waals surface area contributed by atoms with Crippen LogP contribution in [0, 0.1) is 11.8 Å². The zero-order valence-corrected chi connectivity index (χ0v) is 11.3. The van der Waals surface area contributed by atoms with Crippen LogP contribution in [0.4, 0.5) is 4.79 Å². The molecule has 0 spiro atoms. The van der Waals surface area contributed by atoms with Crippen LogP contribution in [0.2, 0.25) is 0 Å².